The van der Waals surface area contributed by atoms with Crippen LogP contribution in [0.4, 0.5) is 10.1 Å². The van der Waals surface area contributed by atoms with Gasteiger partial charge < -0.3 is 5.32 Å². The Kier molecular flexibility index (Phi) is 4.42. The van der Waals surface area contributed by atoms with Gasteiger partial charge in [0.1, 0.15) is 5.82 Å². The van der Waals surface area contributed by atoms with Gasteiger partial charge in [0.25, 0.3) is 5.69 Å². The van der Waals surface area contributed by atoms with E-state index in [2.05, 4.69) is 5.32 Å². The van der Waals surface area contributed by atoms with Gasteiger partial charge in [-0.1, -0.05) is 24.3 Å². The van der Waals surface area contributed by atoms with Crippen molar-refractivity contribution in [1.82, 2.24) is 5.32 Å². The van der Waals surface area contributed by atoms with Crippen molar-refractivity contribution in [3.63, 3.8) is 0 Å². The fourth-order valence-corrected chi connectivity index (χ4v) is 1.90. The van der Waals surface area contributed by atoms with Crippen molar-refractivity contribution in [3.8, 4) is 0 Å². The first-order chi connectivity index (χ1) is 9.56. The molecule has 0 saturated heterocycles. The van der Waals surface area contributed by atoms with Crippen molar-refractivity contribution in [2.75, 3.05) is 0 Å². The molecule has 2 aromatic rings. The van der Waals surface area contributed by atoms with Crippen LogP contribution in [0.1, 0.15) is 24.1 Å². The molecule has 0 bridgehead atoms. The monoisotopic (exact) mass is 274 g/mol. The van der Waals surface area contributed by atoms with Crippen LogP contribution in [0.2, 0.25) is 0 Å². The molecule has 0 aliphatic rings. The summed E-state index contributed by atoms with van der Waals surface area (Å²) in [6, 6.07) is 12.8. The molecule has 20 heavy (non-hydrogen) atoms. The summed E-state index contributed by atoms with van der Waals surface area (Å²) in [5.74, 6) is -0.263. The number of nitrogens with zero attached hydrogens (tertiary/aromatic N) is 1. The molecule has 2 rings (SSSR count). The quantitative estimate of drug-likeness (QED) is 0.669. The summed E-state index contributed by atoms with van der Waals surface area (Å²) in [6.45, 7) is 2.51. The molecular formula is C15H15FN2O2. The van der Waals surface area contributed by atoms with Gasteiger partial charge in [0, 0.05) is 24.7 Å². The molecule has 2 aromatic carbocycles. The van der Waals surface area contributed by atoms with Crippen LogP contribution in [0.3, 0.4) is 0 Å². The van der Waals surface area contributed by atoms with Crippen LogP contribution in [0, 0.1) is 15.9 Å². The molecule has 5 heteroatoms. The molecule has 0 radical (unpaired) electrons. The zero-order valence-electron chi connectivity index (χ0n) is 11.0. The third-order valence-electron chi connectivity index (χ3n) is 3.11. The van der Waals surface area contributed by atoms with Crippen molar-refractivity contribution in [2.45, 2.75) is 19.5 Å². The molecular weight excluding hydrogens is 259 g/mol. The zero-order valence-corrected chi connectivity index (χ0v) is 11.0. The lowest BCUT2D eigenvalue weighted by Crippen LogP contribution is -2.18. The summed E-state index contributed by atoms with van der Waals surface area (Å²) in [5, 5.41) is 14.0. The van der Waals surface area contributed by atoms with Gasteiger partial charge in [-0.2, -0.15) is 0 Å². The lowest BCUT2D eigenvalue weighted by molar-refractivity contribution is -0.384. The normalized spacial score (nSPS) is 12.1. The Morgan fingerprint density at radius 3 is 2.60 bits per heavy atom. The minimum absolute atomic E-state index is 0.0278. The van der Waals surface area contributed by atoms with Gasteiger partial charge in [-0.15, -0.1) is 0 Å². The molecule has 1 unspecified atom stereocenters. The van der Waals surface area contributed by atoms with E-state index in [1.54, 1.807) is 24.3 Å². The summed E-state index contributed by atoms with van der Waals surface area (Å²) in [7, 11) is 0. The molecule has 4 nitrogen and oxygen atoms in total. The summed E-state index contributed by atoms with van der Waals surface area (Å²) in [6.07, 6.45) is 0. The molecule has 0 aliphatic heterocycles. The first kappa shape index (κ1) is 14.1. The Morgan fingerprint density at radius 2 is 1.95 bits per heavy atom. The highest BCUT2D eigenvalue weighted by Crippen LogP contribution is 2.19. The number of non-ortho nitro benzene ring substituents is 1. The smallest absolute Gasteiger partial charge is 0.269 e. The second-order valence-electron chi connectivity index (χ2n) is 4.58. The molecule has 0 spiro atoms. The lowest BCUT2D eigenvalue weighted by atomic mass is 10.1. The first-order valence-electron chi connectivity index (χ1n) is 6.28. The molecule has 0 heterocycles. The van der Waals surface area contributed by atoms with Gasteiger partial charge in [0.15, 0.2) is 0 Å². The number of nitro benzene ring substituents is 1. The van der Waals surface area contributed by atoms with Gasteiger partial charge in [-0.3, -0.25) is 10.1 Å². The maximum Gasteiger partial charge on any atom is 0.269 e. The van der Waals surface area contributed by atoms with Crippen molar-refractivity contribution < 1.29 is 9.31 Å². The average Bonchev–Trinajstić information content (AvgIpc) is 2.46. The molecule has 0 saturated carbocycles. The molecule has 0 fully saturated rings. The molecule has 0 amide bonds. The number of rotatable bonds is 5. The summed E-state index contributed by atoms with van der Waals surface area (Å²) < 4.78 is 12.8. The third-order valence-corrected chi connectivity index (χ3v) is 3.11. The Balaban J connectivity index is 2.01. The van der Waals surface area contributed by atoms with E-state index >= 15 is 0 Å². The van der Waals surface area contributed by atoms with Gasteiger partial charge in [0.2, 0.25) is 0 Å². The van der Waals surface area contributed by atoms with Crippen LogP contribution in [0.25, 0.3) is 0 Å². The van der Waals surface area contributed by atoms with Crippen LogP contribution in [-0.4, -0.2) is 4.92 Å². The number of halogens is 1. The minimum Gasteiger partial charge on any atom is -0.306 e. The second kappa shape index (κ2) is 6.25. The highest BCUT2D eigenvalue weighted by molar-refractivity contribution is 5.35. The SMILES string of the molecule is CC(NCc1ccc(F)cc1)c1cccc([N+](=O)[O-])c1. The van der Waals surface area contributed by atoms with Crippen LogP contribution in [0.5, 0.6) is 0 Å². The van der Waals surface area contributed by atoms with Crippen molar-refractivity contribution >= 4 is 5.69 Å². The van der Waals surface area contributed by atoms with E-state index in [-0.39, 0.29) is 17.5 Å². The molecule has 1 N–H and O–H groups in total. The summed E-state index contributed by atoms with van der Waals surface area (Å²) in [5.41, 5.74) is 1.89. The van der Waals surface area contributed by atoms with E-state index in [0.717, 1.165) is 11.1 Å². The van der Waals surface area contributed by atoms with Crippen LogP contribution >= 0.6 is 0 Å². The van der Waals surface area contributed by atoms with Gasteiger partial charge in [-0.25, -0.2) is 4.39 Å². The zero-order chi connectivity index (χ0) is 14.5. The number of hydrogen-bond acceptors (Lipinski definition) is 3. The maximum absolute atomic E-state index is 12.8. The highest BCUT2D eigenvalue weighted by atomic mass is 19.1. The third kappa shape index (κ3) is 3.61. The van der Waals surface area contributed by atoms with E-state index in [9.17, 15) is 14.5 Å². The maximum atomic E-state index is 12.8. The van der Waals surface area contributed by atoms with E-state index in [1.165, 1.54) is 18.2 Å². The van der Waals surface area contributed by atoms with Gasteiger partial charge >= 0.3 is 0 Å². The highest BCUT2D eigenvalue weighted by Gasteiger charge is 2.10. The van der Waals surface area contributed by atoms with E-state index in [4.69, 9.17) is 0 Å². The molecule has 0 aliphatic carbocycles. The van der Waals surface area contributed by atoms with E-state index in [1.807, 2.05) is 13.0 Å². The largest absolute Gasteiger partial charge is 0.306 e. The Hall–Kier alpha value is -2.27. The molecule has 0 aromatic heterocycles. The lowest BCUT2D eigenvalue weighted by Gasteiger charge is -2.14. The van der Waals surface area contributed by atoms with E-state index < -0.39 is 4.92 Å². The summed E-state index contributed by atoms with van der Waals surface area (Å²) in [4.78, 5) is 10.3. The molecule has 104 valence electrons. The standard InChI is InChI=1S/C15H15FN2O2/c1-11(13-3-2-4-15(9-13)18(19)20)17-10-12-5-7-14(16)8-6-12/h2-9,11,17H,10H2,1H3. The predicted octanol–water partition coefficient (Wildman–Crippen LogP) is 3.58. The topological polar surface area (TPSA) is 55.2 Å². The fourth-order valence-electron chi connectivity index (χ4n) is 1.90. The number of nitro groups is 1. The van der Waals surface area contributed by atoms with E-state index in [0.29, 0.717) is 6.54 Å². The average molecular weight is 274 g/mol. The molecule has 1 atom stereocenters. The number of benzene rings is 2. The van der Waals surface area contributed by atoms with Crippen molar-refractivity contribution in [3.05, 3.63) is 75.6 Å². The fraction of sp³-hybridized carbons (Fsp3) is 0.200. The minimum atomic E-state index is -0.407. The Bertz CT molecular complexity index is 599. The van der Waals surface area contributed by atoms with Crippen LogP contribution in [0.15, 0.2) is 48.5 Å². The van der Waals surface area contributed by atoms with Gasteiger partial charge in [-0.05, 0) is 30.2 Å². The van der Waals surface area contributed by atoms with Gasteiger partial charge in [0.05, 0.1) is 4.92 Å². The summed E-state index contributed by atoms with van der Waals surface area (Å²) >= 11 is 0. The number of nitrogens with one attached hydrogen (secondary N) is 1. The number of hydrogen-bond donors (Lipinski definition) is 1. The first-order valence-corrected chi connectivity index (χ1v) is 6.28. The Morgan fingerprint density at radius 1 is 1.25 bits per heavy atom. The Labute approximate surface area is 116 Å². The van der Waals surface area contributed by atoms with Crippen LogP contribution < -0.4 is 5.32 Å². The predicted molar refractivity (Wildman–Crippen MR) is 74.8 cm³/mol. The van der Waals surface area contributed by atoms with Crippen molar-refractivity contribution in [2.24, 2.45) is 0 Å². The second-order valence-corrected chi connectivity index (χ2v) is 4.58. The van der Waals surface area contributed by atoms with Crippen LogP contribution in [-0.2, 0) is 6.54 Å². The van der Waals surface area contributed by atoms with Crippen molar-refractivity contribution in [1.29, 1.82) is 0 Å².